The molecule has 1 aromatic rings. The molecule has 0 saturated carbocycles. The van der Waals surface area contributed by atoms with Crippen LogP contribution in [-0.2, 0) is 4.74 Å². The van der Waals surface area contributed by atoms with Gasteiger partial charge in [-0.3, -0.25) is 0 Å². The fraction of sp³-hybridized carbons (Fsp3) is 0.583. The highest BCUT2D eigenvalue weighted by Crippen LogP contribution is 2.04. The van der Waals surface area contributed by atoms with Crippen LogP contribution in [0.25, 0.3) is 0 Å². The third-order valence-corrected chi connectivity index (χ3v) is 2.15. The molecular weight excluding hydrogens is 202 g/mol. The predicted molar refractivity (Wildman–Crippen MR) is 66.8 cm³/mol. The van der Waals surface area contributed by atoms with Crippen molar-refractivity contribution in [3.8, 4) is 0 Å². The zero-order chi connectivity index (χ0) is 11.8. The lowest BCUT2D eigenvalue weighted by molar-refractivity contribution is 0.126. The second-order valence-corrected chi connectivity index (χ2v) is 4.06. The summed E-state index contributed by atoms with van der Waals surface area (Å²) >= 11 is 0. The normalized spacial score (nSPS) is 10.8. The first-order valence-corrected chi connectivity index (χ1v) is 5.57. The summed E-state index contributed by atoms with van der Waals surface area (Å²) in [4.78, 5) is 6.32. The lowest BCUT2D eigenvalue weighted by Gasteiger charge is -2.10. The second-order valence-electron chi connectivity index (χ2n) is 4.06. The Morgan fingerprint density at radius 1 is 1.38 bits per heavy atom. The number of aromatic nitrogens is 1. The molecule has 0 radical (unpaired) electrons. The van der Waals surface area contributed by atoms with Crippen molar-refractivity contribution in [2.24, 2.45) is 0 Å². The van der Waals surface area contributed by atoms with E-state index in [-0.39, 0.29) is 0 Å². The minimum Gasteiger partial charge on any atom is -0.378 e. The molecule has 4 nitrogen and oxygen atoms in total. The maximum atomic E-state index is 5.46. The largest absolute Gasteiger partial charge is 0.378 e. The Labute approximate surface area is 97.6 Å². The standard InChI is InChI=1S/C12H21N3O/c1-11-4-5-13-12(10-11)14-6-8-16-9-7-15(2)3/h4-5,10H,6-9H2,1-3H3,(H,13,14). The fourth-order valence-corrected chi connectivity index (χ4v) is 1.23. The molecule has 1 aromatic heterocycles. The van der Waals surface area contributed by atoms with Crippen LogP contribution in [-0.4, -0.2) is 50.3 Å². The molecule has 0 aliphatic heterocycles. The van der Waals surface area contributed by atoms with Crippen LogP contribution in [0.2, 0.25) is 0 Å². The predicted octanol–water partition coefficient (Wildman–Crippen LogP) is 1.38. The number of ether oxygens (including phenoxy) is 1. The smallest absolute Gasteiger partial charge is 0.126 e. The van der Waals surface area contributed by atoms with Crippen LogP contribution in [0.1, 0.15) is 5.56 Å². The van der Waals surface area contributed by atoms with Crippen molar-refractivity contribution in [3.63, 3.8) is 0 Å². The minimum absolute atomic E-state index is 0.712. The number of rotatable bonds is 7. The first-order valence-electron chi connectivity index (χ1n) is 5.57. The van der Waals surface area contributed by atoms with Gasteiger partial charge in [-0.2, -0.15) is 0 Å². The van der Waals surface area contributed by atoms with Crippen molar-refractivity contribution < 1.29 is 4.74 Å². The van der Waals surface area contributed by atoms with Crippen LogP contribution in [0.15, 0.2) is 18.3 Å². The van der Waals surface area contributed by atoms with Crippen LogP contribution < -0.4 is 5.32 Å². The summed E-state index contributed by atoms with van der Waals surface area (Å²) in [5, 5.41) is 3.22. The van der Waals surface area contributed by atoms with Crippen molar-refractivity contribution in [1.29, 1.82) is 0 Å². The van der Waals surface area contributed by atoms with E-state index < -0.39 is 0 Å². The molecule has 0 amide bonds. The van der Waals surface area contributed by atoms with Gasteiger partial charge < -0.3 is 15.0 Å². The van der Waals surface area contributed by atoms with Gasteiger partial charge in [0, 0.05) is 19.3 Å². The van der Waals surface area contributed by atoms with Gasteiger partial charge in [0.1, 0.15) is 5.82 Å². The van der Waals surface area contributed by atoms with Crippen LogP contribution in [0.4, 0.5) is 5.82 Å². The maximum Gasteiger partial charge on any atom is 0.126 e. The van der Waals surface area contributed by atoms with Gasteiger partial charge in [-0.1, -0.05) is 0 Å². The van der Waals surface area contributed by atoms with E-state index in [1.807, 2.05) is 32.4 Å². The van der Waals surface area contributed by atoms with E-state index in [4.69, 9.17) is 4.74 Å². The molecule has 0 saturated heterocycles. The highest BCUT2D eigenvalue weighted by molar-refractivity contribution is 5.36. The molecule has 0 unspecified atom stereocenters. The van der Waals surface area contributed by atoms with Crippen molar-refractivity contribution in [2.75, 3.05) is 45.7 Å². The molecule has 16 heavy (non-hydrogen) atoms. The molecule has 4 heteroatoms. The highest BCUT2D eigenvalue weighted by Gasteiger charge is 1.94. The number of likely N-dealkylation sites (N-methyl/N-ethyl adjacent to an activating group) is 1. The van der Waals surface area contributed by atoms with E-state index in [1.54, 1.807) is 0 Å². The lowest BCUT2D eigenvalue weighted by atomic mass is 10.3. The summed E-state index contributed by atoms with van der Waals surface area (Å²) < 4.78 is 5.46. The molecule has 1 heterocycles. The van der Waals surface area contributed by atoms with Crippen LogP contribution in [0.3, 0.4) is 0 Å². The van der Waals surface area contributed by atoms with E-state index in [0.29, 0.717) is 6.61 Å². The van der Waals surface area contributed by atoms with E-state index in [9.17, 15) is 0 Å². The van der Waals surface area contributed by atoms with E-state index >= 15 is 0 Å². The highest BCUT2D eigenvalue weighted by atomic mass is 16.5. The van der Waals surface area contributed by atoms with Gasteiger partial charge in [0.2, 0.25) is 0 Å². The van der Waals surface area contributed by atoms with Crippen LogP contribution in [0, 0.1) is 6.92 Å². The third kappa shape index (κ3) is 5.68. The van der Waals surface area contributed by atoms with Gasteiger partial charge >= 0.3 is 0 Å². The van der Waals surface area contributed by atoms with Crippen LogP contribution in [0.5, 0.6) is 0 Å². The zero-order valence-corrected chi connectivity index (χ0v) is 10.4. The Hall–Kier alpha value is -1.13. The van der Waals surface area contributed by atoms with E-state index in [2.05, 4.69) is 22.1 Å². The van der Waals surface area contributed by atoms with Crippen molar-refractivity contribution >= 4 is 5.82 Å². The number of hydrogen-bond acceptors (Lipinski definition) is 4. The molecule has 0 fully saturated rings. The zero-order valence-electron chi connectivity index (χ0n) is 10.4. The Bertz CT molecular complexity index is 302. The number of pyridine rings is 1. The van der Waals surface area contributed by atoms with E-state index in [1.165, 1.54) is 5.56 Å². The summed E-state index contributed by atoms with van der Waals surface area (Å²) in [6.07, 6.45) is 1.81. The summed E-state index contributed by atoms with van der Waals surface area (Å²) in [7, 11) is 4.08. The molecular formula is C12H21N3O. The summed E-state index contributed by atoms with van der Waals surface area (Å²) in [6.45, 7) is 5.30. The molecule has 1 N–H and O–H groups in total. The summed E-state index contributed by atoms with van der Waals surface area (Å²) in [5.41, 5.74) is 1.21. The third-order valence-electron chi connectivity index (χ3n) is 2.15. The minimum atomic E-state index is 0.712. The number of aryl methyl sites for hydroxylation is 1. The Balaban J connectivity index is 2.07. The Morgan fingerprint density at radius 3 is 2.88 bits per heavy atom. The van der Waals surface area contributed by atoms with Gasteiger partial charge in [-0.15, -0.1) is 0 Å². The first-order chi connectivity index (χ1) is 7.68. The van der Waals surface area contributed by atoms with Crippen LogP contribution >= 0.6 is 0 Å². The molecule has 0 spiro atoms. The molecule has 1 rings (SSSR count). The fourth-order valence-electron chi connectivity index (χ4n) is 1.23. The summed E-state index contributed by atoms with van der Waals surface area (Å²) in [6, 6.07) is 4.01. The number of nitrogens with one attached hydrogen (secondary N) is 1. The van der Waals surface area contributed by atoms with Gasteiger partial charge in [0.15, 0.2) is 0 Å². The monoisotopic (exact) mass is 223 g/mol. The molecule has 0 aromatic carbocycles. The number of hydrogen-bond donors (Lipinski definition) is 1. The molecule has 0 bridgehead atoms. The Kier molecular flexibility index (Phi) is 5.82. The maximum absolute atomic E-state index is 5.46. The quantitative estimate of drug-likeness (QED) is 0.709. The topological polar surface area (TPSA) is 37.4 Å². The lowest BCUT2D eigenvalue weighted by Crippen LogP contribution is -2.20. The van der Waals surface area contributed by atoms with Gasteiger partial charge in [-0.05, 0) is 38.7 Å². The van der Waals surface area contributed by atoms with E-state index in [0.717, 1.165) is 25.5 Å². The van der Waals surface area contributed by atoms with Gasteiger partial charge in [0.25, 0.3) is 0 Å². The Morgan fingerprint density at radius 2 is 2.19 bits per heavy atom. The molecule has 0 aliphatic carbocycles. The summed E-state index contributed by atoms with van der Waals surface area (Å²) in [5.74, 6) is 0.913. The average molecular weight is 223 g/mol. The van der Waals surface area contributed by atoms with Crippen molar-refractivity contribution in [3.05, 3.63) is 23.9 Å². The molecule has 0 atom stereocenters. The van der Waals surface area contributed by atoms with Gasteiger partial charge in [0.05, 0.1) is 13.2 Å². The number of anilines is 1. The second kappa shape index (κ2) is 7.19. The first kappa shape index (κ1) is 12.9. The van der Waals surface area contributed by atoms with Gasteiger partial charge in [-0.25, -0.2) is 4.98 Å². The molecule has 90 valence electrons. The van der Waals surface area contributed by atoms with Crippen molar-refractivity contribution in [2.45, 2.75) is 6.92 Å². The van der Waals surface area contributed by atoms with Crippen molar-refractivity contribution in [1.82, 2.24) is 9.88 Å². The average Bonchev–Trinajstić information content (AvgIpc) is 2.23. The number of nitrogens with zero attached hydrogens (tertiary/aromatic N) is 2. The SMILES string of the molecule is Cc1ccnc(NCCOCCN(C)C)c1. The molecule has 0 aliphatic rings.